The number of ether oxygens (including phenoxy) is 2. The largest absolute Gasteiger partial charge is 0.489 e. The molecule has 1 aliphatic carbocycles. The lowest BCUT2D eigenvalue weighted by Crippen LogP contribution is -2.57. The SMILES string of the molecule is COc1cc(C2CN([C@H]3CCCC[C@H]3Oc3ccc4c(c3)CN(C3CCC(=O)NC3=O)C4=O)C2)ccn1. The summed E-state index contributed by atoms with van der Waals surface area (Å²) in [4.78, 5) is 45.2. The average molecular weight is 505 g/mol. The number of fused-ring (bicyclic) bond motifs is 1. The average Bonchev–Trinajstić information content (AvgIpc) is 3.19. The van der Waals surface area contributed by atoms with Crippen molar-refractivity contribution in [3.05, 3.63) is 53.2 Å². The molecule has 1 aromatic heterocycles. The highest BCUT2D eigenvalue weighted by Gasteiger charge is 2.41. The number of hydrogen-bond donors (Lipinski definition) is 1. The molecule has 3 amide bonds. The van der Waals surface area contributed by atoms with Crippen LogP contribution in [0.2, 0.25) is 0 Å². The van der Waals surface area contributed by atoms with Crippen LogP contribution in [0.3, 0.4) is 0 Å². The minimum Gasteiger partial charge on any atom is -0.489 e. The van der Waals surface area contributed by atoms with Crippen molar-refractivity contribution in [2.24, 2.45) is 0 Å². The zero-order valence-electron chi connectivity index (χ0n) is 21.0. The molecule has 9 heteroatoms. The summed E-state index contributed by atoms with van der Waals surface area (Å²) in [5.74, 6) is 1.06. The van der Waals surface area contributed by atoms with Gasteiger partial charge < -0.3 is 14.4 Å². The van der Waals surface area contributed by atoms with Crippen LogP contribution in [0.15, 0.2) is 36.5 Å². The maximum absolute atomic E-state index is 13.0. The highest BCUT2D eigenvalue weighted by Crippen LogP contribution is 2.37. The summed E-state index contributed by atoms with van der Waals surface area (Å²) >= 11 is 0. The lowest BCUT2D eigenvalue weighted by molar-refractivity contribution is -0.136. The number of likely N-dealkylation sites (tertiary alicyclic amines) is 1. The number of nitrogens with one attached hydrogen (secondary N) is 1. The summed E-state index contributed by atoms with van der Waals surface area (Å²) in [6, 6.07) is 9.50. The fourth-order valence-electron chi connectivity index (χ4n) is 6.22. The quantitative estimate of drug-likeness (QED) is 0.604. The van der Waals surface area contributed by atoms with Crippen molar-refractivity contribution < 1.29 is 23.9 Å². The molecule has 6 rings (SSSR count). The highest BCUT2D eigenvalue weighted by molar-refractivity contribution is 6.05. The number of nitrogens with zero attached hydrogens (tertiary/aromatic N) is 3. The molecule has 0 bridgehead atoms. The maximum Gasteiger partial charge on any atom is 0.255 e. The third-order valence-corrected chi connectivity index (χ3v) is 8.27. The van der Waals surface area contributed by atoms with Gasteiger partial charge in [-0.2, -0.15) is 0 Å². The van der Waals surface area contributed by atoms with Gasteiger partial charge in [-0.1, -0.05) is 6.42 Å². The molecule has 9 nitrogen and oxygen atoms in total. The normalized spacial score (nSPS) is 26.5. The van der Waals surface area contributed by atoms with E-state index in [-0.39, 0.29) is 24.3 Å². The molecule has 1 unspecified atom stereocenters. The third-order valence-electron chi connectivity index (χ3n) is 8.27. The second-order valence-electron chi connectivity index (χ2n) is 10.5. The topological polar surface area (TPSA) is 101 Å². The molecule has 0 radical (unpaired) electrons. The fraction of sp³-hybridized carbons (Fsp3) is 0.500. The maximum atomic E-state index is 13.0. The van der Waals surface area contributed by atoms with Gasteiger partial charge >= 0.3 is 0 Å². The van der Waals surface area contributed by atoms with Crippen molar-refractivity contribution >= 4 is 17.7 Å². The Morgan fingerprint density at radius 2 is 1.86 bits per heavy atom. The Bertz CT molecular complexity index is 1230. The highest BCUT2D eigenvalue weighted by atomic mass is 16.5. The summed E-state index contributed by atoms with van der Waals surface area (Å²) < 4.78 is 11.8. The Balaban J connectivity index is 1.11. The number of imide groups is 1. The summed E-state index contributed by atoms with van der Waals surface area (Å²) in [5.41, 5.74) is 2.74. The molecule has 1 aromatic carbocycles. The molecule has 4 heterocycles. The minimum atomic E-state index is -0.607. The molecule has 37 heavy (non-hydrogen) atoms. The molecular weight excluding hydrogens is 472 g/mol. The second kappa shape index (κ2) is 9.78. The number of rotatable bonds is 6. The number of pyridine rings is 1. The van der Waals surface area contributed by atoms with Crippen LogP contribution in [-0.2, 0) is 16.1 Å². The van der Waals surface area contributed by atoms with Gasteiger partial charge in [0.05, 0.1) is 7.11 Å². The number of benzene rings is 1. The van der Waals surface area contributed by atoms with Gasteiger partial charge in [0.25, 0.3) is 5.91 Å². The van der Waals surface area contributed by atoms with Gasteiger partial charge in [0.15, 0.2) is 0 Å². The Labute approximate surface area is 216 Å². The fourth-order valence-corrected chi connectivity index (χ4v) is 6.22. The number of carbonyl (C=O) groups excluding carboxylic acids is 3. The van der Waals surface area contributed by atoms with Crippen molar-refractivity contribution in [1.29, 1.82) is 0 Å². The molecule has 2 saturated heterocycles. The summed E-state index contributed by atoms with van der Waals surface area (Å²) in [6.45, 7) is 2.35. The van der Waals surface area contributed by atoms with Gasteiger partial charge in [-0.15, -0.1) is 0 Å². The van der Waals surface area contributed by atoms with Crippen molar-refractivity contribution in [2.75, 3.05) is 20.2 Å². The number of carbonyl (C=O) groups is 3. The van der Waals surface area contributed by atoms with Crippen LogP contribution in [0.1, 0.15) is 65.9 Å². The summed E-state index contributed by atoms with van der Waals surface area (Å²) in [7, 11) is 1.64. The van der Waals surface area contributed by atoms with Gasteiger partial charge in [0.1, 0.15) is 17.9 Å². The van der Waals surface area contributed by atoms with Crippen LogP contribution in [0.4, 0.5) is 0 Å². The van der Waals surface area contributed by atoms with Crippen LogP contribution >= 0.6 is 0 Å². The molecule has 3 aliphatic heterocycles. The Morgan fingerprint density at radius 1 is 1.03 bits per heavy atom. The lowest BCUT2D eigenvalue weighted by Gasteiger charge is -2.48. The van der Waals surface area contributed by atoms with E-state index in [0.717, 1.165) is 43.7 Å². The van der Waals surface area contributed by atoms with E-state index >= 15 is 0 Å². The molecular formula is C28H32N4O5. The summed E-state index contributed by atoms with van der Waals surface area (Å²) in [6.07, 6.45) is 6.99. The monoisotopic (exact) mass is 504 g/mol. The van der Waals surface area contributed by atoms with Gasteiger partial charge in [0, 0.05) is 55.8 Å². The Morgan fingerprint density at radius 3 is 2.68 bits per heavy atom. The Hall–Kier alpha value is -3.46. The summed E-state index contributed by atoms with van der Waals surface area (Å²) in [5, 5.41) is 2.35. The third kappa shape index (κ3) is 4.56. The van der Waals surface area contributed by atoms with E-state index in [4.69, 9.17) is 9.47 Å². The second-order valence-corrected chi connectivity index (χ2v) is 10.5. The van der Waals surface area contributed by atoms with Crippen LogP contribution < -0.4 is 14.8 Å². The molecule has 3 fully saturated rings. The molecule has 1 saturated carbocycles. The smallest absolute Gasteiger partial charge is 0.255 e. The van der Waals surface area contributed by atoms with Gasteiger partial charge in [-0.3, -0.25) is 24.6 Å². The van der Waals surface area contributed by atoms with E-state index in [2.05, 4.69) is 21.3 Å². The molecule has 2 aromatic rings. The molecule has 194 valence electrons. The van der Waals surface area contributed by atoms with Gasteiger partial charge in [-0.05, 0) is 61.1 Å². The molecule has 3 atom stereocenters. The standard InChI is InChI=1S/C28H32N4O5/c1-36-26-13-17(10-11-29-26)19-14-31(15-19)22-4-2-3-5-24(22)37-20-6-7-21-18(12-20)16-32(28(21)35)23-8-9-25(33)30-27(23)34/h6-7,10-13,19,22-24H,2-5,8-9,14-16H2,1H3,(H,30,33,34)/t22-,23?,24+/m0/s1. The van der Waals surface area contributed by atoms with Crippen molar-refractivity contribution in [3.8, 4) is 11.6 Å². The minimum absolute atomic E-state index is 0.100. The van der Waals surface area contributed by atoms with Crippen molar-refractivity contribution in [3.63, 3.8) is 0 Å². The molecule has 1 N–H and O–H groups in total. The molecule has 0 spiro atoms. The number of methoxy groups -OCH3 is 1. The first-order valence-electron chi connectivity index (χ1n) is 13.2. The van der Waals surface area contributed by atoms with Crippen LogP contribution in [-0.4, -0.2) is 70.9 Å². The van der Waals surface area contributed by atoms with Crippen LogP contribution in [0, 0.1) is 0 Å². The zero-order chi connectivity index (χ0) is 25.5. The predicted molar refractivity (Wildman–Crippen MR) is 134 cm³/mol. The predicted octanol–water partition coefficient (Wildman–Crippen LogP) is 2.64. The van der Waals surface area contributed by atoms with E-state index in [1.165, 1.54) is 12.0 Å². The number of hydrogen-bond acceptors (Lipinski definition) is 7. The first-order chi connectivity index (χ1) is 18.0. The molecule has 4 aliphatic rings. The van der Waals surface area contributed by atoms with E-state index in [0.29, 0.717) is 36.4 Å². The van der Waals surface area contributed by atoms with Crippen LogP contribution in [0.5, 0.6) is 11.6 Å². The van der Waals surface area contributed by atoms with Crippen molar-refractivity contribution in [1.82, 2.24) is 20.1 Å². The van der Waals surface area contributed by atoms with E-state index in [1.54, 1.807) is 12.0 Å². The number of piperidine rings is 1. The number of amides is 3. The lowest BCUT2D eigenvalue weighted by atomic mass is 9.84. The van der Waals surface area contributed by atoms with Gasteiger partial charge in [-0.25, -0.2) is 4.98 Å². The van der Waals surface area contributed by atoms with Crippen molar-refractivity contribution in [2.45, 2.75) is 69.2 Å². The van der Waals surface area contributed by atoms with E-state index < -0.39 is 11.9 Å². The number of aromatic nitrogens is 1. The zero-order valence-corrected chi connectivity index (χ0v) is 21.0. The first-order valence-corrected chi connectivity index (χ1v) is 13.2. The van der Waals surface area contributed by atoms with E-state index in [9.17, 15) is 14.4 Å². The Kier molecular flexibility index (Phi) is 6.32. The van der Waals surface area contributed by atoms with Crippen LogP contribution in [0.25, 0.3) is 0 Å². The van der Waals surface area contributed by atoms with E-state index in [1.807, 2.05) is 30.5 Å². The van der Waals surface area contributed by atoms with Gasteiger partial charge in [0.2, 0.25) is 17.7 Å². The first kappa shape index (κ1) is 23.9.